The Bertz CT molecular complexity index is 1150. The zero-order valence-corrected chi connectivity index (χ0v) is 25.3. The third-order valence-electron chi connectivity index (χ3n) is 6.97. The molecule has 2 amide bonds. The number of hydrogen-bond acceptors (Lipinski definition) is 9. The van der Waals surface area contributed by atoms with Crippen molar-refractivity contribution in [2.75, 3.05) is 18.1 Å². The van der Waals surface area contributed by atoms with Gasteiger partial charge in [0.15, 0.2) is 14.5 Å². The Labute approximate surface area is 244 Å². The van der Waals surface area contributed by atoms with Crippen LogP contribution in [0.15, 0.2) is 39.6 Å². The smallest absolute Gasteiger partial charge is 0.313 e. The first-order valence-electron chi connectivity index (χ1n) is 13.1. The molecule has 0 bridgehead atoms. The molecule has 2 fully saturated rings. The number of carbonyl (C=O) groups excluding carboxylic acids is 2. The van der Waals surface area contributed by atoms with Crippen molar-refractivity contribution in [3.8, 4) is 0 Å². The molecule has 3 heterocycles. The van der Waals surface area contributed by atoms with Gasteiger partial charge in [-0.25, -0.2) is 0 Å². The molecule has 2 aliphatic rings. The SMILES string of the molecule is CCCCCCCC(C(=O)NC1C(=O)N2CC(CSc3nnc(C)s3)(C(=O)O)CS[C@H]12)[S+]([O-])c1ccccc1. The molecule has 4 unspecified atom stereocenters. The number of rotatable bonds is 14. The first-order chi connectivity index (χ1) is 18.8. The van der Waals surface area contributed by atoms with Crippen molar-refractivity contribution < 1.29 is 24.0 Å². The largest absolute Gasteiger partial charge is 0.611 e. The number of hydrogen-bond donors (Lipinski definition) is 2. The lowest BCUT2D eigenvalue weighted by Crippen LogP contribution is -2.74. The molecule has 13 heteroatoms. The summed E-state index contributed by atoms with van der Waals surface area (Å²) in [4.78, 5) is 41.0. The van der Waals surface area contributed by atoms with Crippen molar-refractivity contribution in [2.24, 2.45) is 5.41 Å². The summed E-state index contributed by atoms with van der Waals surface area (Å²) in [6, 6.07) is 8.21. The fourth-order valence-electron chi connectivity index (χ4n) is 4.68. The van der Waals surface area contributed by atoms with Crippen LogP contribution in [-0.4, -0.2) is 77.3 Å². The zero-order chi connectivity index (χ0) is 28.0. The van der Waals surface area contributed by atoms with Crippen LogP contribution in [-0.2, 0) is 25.6 Å². The first-order valence-corrected chi connectivity index (χ1v) is 17.2. The van der Waals surface area contributed by atoms with E-state index in [1.54, 1.807) is 29.2 Å². The van der Waals surface area contributed by atoms with Gasteiger partial charge in [0, 0.05) is 24.5 Å². The van der Waals surface area contributed by atoms with Crippen molar-refractivity contribution in [2.45, 2.75) is 78.3 Å². The van der Waals surface area contributed by atoms with Crippen molar-refractivity contribution in [1.82, 2.24) is 20.4 Å². The summed E-state index contributed by atoms with van der Waals surface area (Å²) in [5, 5.41) is 20.7. The van der Waals surface area contributed by atoms with E-state index >= 15 is 0 Å². The number of benzene rings is 1. The van der Waals surface area contributed by atoms with E-state index in [1.807, 2.05) is 13.0 Å². The van der Waals surface area contributed by atoms with Crippen LogP contribution in [0.25, 0.3) is 0 Å². The summed E-state index contributed by atoms with van der Waals surface area (Å²) in [5.41, 5.74) is -1.12. The van der Waals surface area contributed by atoms with Gasteiger partial charge in [0.2, 0.25) is 5.91 Å². The highest BCUT2D eigenvalue weighted by Crippen LogP contribution is 2.44. The number of β-lactam (4-membered cyclic amide) rings is 1. The zero-order valence-electron chi connectivity index (χ0n) is 22.0. The minimum absolute atomic E-state index is 0.0762. The average Bonchev–Trinajstić information content (AvgIpc) is 3.37. The van der Waals surface area contributed by atoms with Gasteiger partial charge in [0.1, 0.15) is 21.8 Å². The van der Waals surface area contributed by atoms with E-state index in [4.69, 9.17) is 0 Å². The van der Waals surface area contributed by atoms with E-state index in [-0.39, 0.29) is 29.5 Å². The predicted octanol–water partition coefficient (Wildman–Crippen LogP) is 3.95. The highest BCUT2D eigenvalue weighted by molar-refractivity contribution is 8.01. The number of aromatic nitrogens is 2. The van der Waals surface area contributed by atoms with Crippen molar-refractivity contribution >= 4 is 63.8 Å². The predicted molar refractivity (Wildman–Crippen MR) is 155 cm³/mol. The van der Waals surface area contributed by atoms with Gasteiger partial charge in [-0.1, -0.05) is 73.9 Å². The number of amides is 2. The van der Waals surface area contributed by atoms with Gasteiger partial charge >= 0.3 is 5.97 Å². The number of thioether (sulfide) groups is 2. The van der Waals surface area contributed by atoms with Crippen LogP contribution >= 0.6 is 34.9 Å². The molecular weight excluding hydrogens is 577 g/mol. The number of aliphatic carboxylic acids is 1. The second-order valence-electron chi connectivity index (χ2n) is 9.92. The number of aryl methyl sites for hydroxylation is 1. The Morgan fingerprint density at radius 2 is 2.00 bits per heavy atom. The van der Waals surface area contributed by atoms with Gasteiger partial charge in [-0.15, -0.1) is 22.0 Å². The molecule has 4 rings (SSSR count). The molecule has 39 heavy (non-hydrogen) atoms. The van der Waals surface area contributed by atoms with Gasteiger partial charge in [0.25, 0.3) is 5.91 Å². The summed E-state index contributed by atoms with van der Waals surface area (Å²) in [6.45, 7) is 4.06. The molecule has 9 nitrogen and oxygen atoms in total. The van der Waals surface area contributed by atoms with Crippen molar-refractivity contribution in [1.29, 1.82) is 0 Å². The standard InChI is InChI=1S/C26H34N4O5S4/c1-3-4-5-6-10-13-19(39(35)18-11-8-7-9-12-18)21(31)27-20-22(32)30-14-26(24(33)34,15-36-23(20)30)16-37-25-29-28-17(2)38-25/h7-9,11-12,19-20,23H,3-6,10,13-16H2,1-2H3,(H,27,31)(H,33,34)/t19?,20?,23-,26?,39?/m1/s1. The average molecular weight is 611 g/mol. The Hall–Kier alpha value is -1.80. The van der Waals surface area contributed by atoms with Crippen LogP contribution in [0, 0.1) is 12.3 Å². The van der Waals surface area contributed by atoms with Crippen LogP contribution in [0.2, 0.25) is 0 Å². The normalized spacial score (nSPS) is 24.0. The molecule has 2 N–H and O–H groups in total. The number of carbonyl (C=O) groups is 3. The van der Waals surface area contributed by atoms with Crippen molar-refractivity contribution in [3.05, 3.63) is 35.3 Å². The minimum atomic E-state index is -1.55. The van der Waals surface area contributed by atoms with Crippen LogP contribution < -0.4 is 5.32 Å². The topological polar surface area (TPSA) is 136 Å². The Morgan fingerprint density at radius 1 is 1.26 bits per heavy atom. The third-order valence-corrected chi connectivity index (χ3v) is 12.5. The Morgan fingerprint density at radius 3 is 2.67 bits per heavy atom. The van der Waals surface area contributed by atoms with E-state index < -0.39 is 33.9 Å². The lowest BCUT2D eigenvalue weighted by Gasteiger charge is -2.53. The lowest BCUT2D eigenvalue weighted by atomic mass is 9.89. The maximum atomic E-state index is 13.4. The molecule has 1 aromatic carbocycles. The Kier molecular flexibility index (Phi) is 10.6. The van der Waals surface area contributed by atoms with Gasteiger partial charge in [0.05, 0.1) is 0 Å². The van der Waals surface area contributed by atoms with E-state index in [1.165, 1.54) is 34.9 Å². The summed E-state index contributed by atoms with van der Waals surface area (Å²) < 4.78 is 14.1. The Balaban J connectivity index is 1.39. The highest BCUT2D eigenvalue weighted by atomic mass is 32.2. The summed E-state index contributed by atoms with van der Waals surface area (Å²) in [7, 11) is 0. The molecule has 0 radical (unpaired) electrons. The summed E-state index contributed by atoms with van der Waals surface area (Å²) in [6.07, 6.45) is 5.53. The maximum Gasteiger partial charge on any atom is 0.313 e. The molecule has 2 aromatic rings. The fraction of sp³-hybridized carbons (Fsp3) is 0.577. The summed E-state index contributed by atoms with van der Waals surface area (Å²) >= 11 is 2.58. The highest BCUT2D eigenvalue weighted by Gasteiger charge is 2.58. The quantitative estimate of drug-likeness (QED) is 0.141. The molecule has 2 saturated heterocycles. The van der Waals surface area contributed by atoms with Gasteiger partial charge in [-0.3, -0.25) is 14.4 Å². The lowest BCUT2D eigenvalue weighted by molar-refractivity contribution is -0.157. The van der Waals surface area contributed by atoms with Gasteiger partial charge in [-0.2, -0.15) is 0 Å². The fourth-order valence-corrected chi connectivity index (χ4v) is 9.75. The molecule has 5 atom stereocenters. The van der Waals surface area contributed by atoms with Crippen LogP contribution in [0.1, 0.15) is 50.5 Å². The first kappa shape index (κ1) is 30.2. The van der Waals surface area contributed by atoms with E-state index in [0.29, 0.717) is 21.4 Å². The number of unbranched alkanes of at least 4 members (excludes halogenated alkanes) is 4. The molecule has 2 aliphatic heterocycles. The monoisotopic (exact) mass is 610 g/mol. The molecule has 1 aromatic heterocycles. The minimum Gasteiger partial charge on any atom is -0.611 e. The number of nitrogens with one attached hydrogen (secondary N) is 1. The molecule has 0 saturated carbocycles. The van der Waals surface area contributed by atoms with Gasteiger partial charge in [-0.05, 0) is 36.7 Å². The van der Waals surface area contributed by atoms with Gasteiger partial charge < -0.3 is 19.9 Å². The third kappa shape index (κ3) is 7.10. The number of fused-ring (bicyclic) bond motifs is 1. The van der Waals surface area contributed by atoms with E-state index in [2.05, 4.69) is 22.4 Å². The number of carboxylic acids is 1. The second-order valence-corrected chi connectivity index (χ2v) is 15.1. The van der Waals surface area contributed by atoms with Crippen LogP contribution in [0.5, 0.6) is 0 Å². The maximum absolute atomic E-state index is 13.4. The molecule has 0 aliphatic carbocycles. The van der Waals surface area contributed by atoms with Crippen LogP contribution in [0.3, 0.4) is 0 Å². The second kappa shape index (κ2) is 13.7. The number of nitrogens with zero attached hydrogens (tertiary/aromatic N) is 3. The molecule has 212 valence electrons. The van der Waals surface area contributed by atoms with E-state index in [0.717, 1.165) is 37.1 Å². The number of carboxylic acid groups (broad SMARTS) is 1. The molecule has 0 spiro atoms. The van der Waals surface area contributed by atoms with Crippen molar-refractivity contribution in [3.63, 3.8) is 0 Å². The van der Waals surface area contributed by atoms with Crippen LogP contribution in [0.4, 0.5) is 0 Å². The summed E-state index contributed by atoms with van der Waals surface area (Å²) in [5.74, 6) is -1.05. The van der Waals surface area contributed by atoms with E-state index in [9.17, 15) is 24.0 Å². The molecular formula is C26H34N4O5S4.